The Kier molecular flexibility index (Phi) is 8.06. The van der Waals surface area contributed by atoms with Crippen molar-refractivity contribution in [1.82, 2.24) is 10.2 Å². The topological polar surface area (TPSA) is 84.9 Å². The van der Waals surface area contributed by atoms with E-state index in [0.29, 0.717) is 25.9 Å². The number of benzene rings is 2. The van der Waals surface area contributed by atoms with Crippen LogP contribution in [-0.4, -0.2) is 68.1 Å². The fourth-order valence-electron chi connectivity index (χ4n) is 4.48. The molecule has 2 heterocycles. The van der Waals surface area contributed by atoms with Gasteiger partial charge in [-0.2, -0.15) is 0 Å². The number of rotatable bonds is 8. The van der Waals surface area contributed by atoms with E-state index >= 15 is 0 Å². The molecular weight excluding hydrogens is 517 g/mol. The van der Waals surface area contributed by atoms with Gasteiger partial charge in [0.1, 0.15) is 11.5 Å². The van der Waals surface area contributed by atoms with Gasteiger partial charge < -0.3 is 14.8 Å². The van der Waals surface area contributed by atoms with Crippen LogP contribution in [0.25, 0.3) is 0 Å². The molecule has 12 heteroatoms. The number of thioether (sulfide) groups is 1. The molecule has 2 aromatic rings. The standard InChI is InChI=1S/C24H27F3N2O5S2/c1-33-18-6-8-20(9-7-18)35-21-12-22(23(30)28-17-10-11-36(31,32)15-17)29(14-21)13-16-2-4-19(5-3-16)34-24(25,26)27/h2-9,17,21-22H,10-15H2,1H3,(H,28,30)/t17-,21+,22-/m0/s1. The van der Waals surface area contributed by atoms with Crippen LogP contribution in [-0.2, 0) is 21.2 Å². The maximum Gasteiger partial charge on any atom is 0.573 e. The van der Waals surface area contributed by atoms with Crippen molar-refractivity contribution in [1.29, 1.82) is 0 Å². The minimum atomic E-state index is -4.76. The van der Waals surface area contributed by atoms with Crippen LogP contribution in [0.3, 0.4) is 0 Å². The number of likely N-dealkylation sites (tertiary alicyclic amines) is 1. The monoisotopic (exact) mass is 544 g/mol. The van der Waals surface area contributed by atoms with Crippen molar-refractivity contribution in [2.45, 2.75) is 48.0 Å². The fourth-order valence-corrected chi connectivity index (χ4v) is 7.37. The number of halogens is 3. The summed E-state index contributed by atoms with van der Waals surface area (Å²) in [5, 5.41) is 2.99. The number of sulfone groups is 1. The second kappa shape index (κ2) is 10.9. The molecule has 36 heavy (non-hydrogen) atoms. The van der Waals surface area contributed by atoms with Crippen molar-refractivity contribution >= 4 is 27.5 Å². The fraction of sp³-hybridized carbons (Fsp3) is 0.458. The van der Waals surface area contributed by atoms with Gasteiger partial charge in [0.15, 0.2) is 9.84 Å². The lowest BCUT2D eigenvalue weighted by molar-refractivity contribution is -0.274. The van der Waals surface area contributed by atoms with E-state index in [-0.39, 0.29) is 28.4 Å². The predicted molar refractivity (Wildman–Crippen MR) is 130 cm³/mol. The first-order valence-corrected chi connectivity index (χ1v) is 14.1. The van der Waals surface area contributed by atoms with Gasteiger partial charge in [0.25, 0.3) is 0 Å². The second-order valence-electron chi connectivity index (χ2n) is 8.90. The molecule has 196 valence electrons. The van der Waals surface area contributed by atoms with Crippen molar-refractivity contribution < 1.29 is 35.9 Å². The van der Waals surface area contributed by atoms with Crippen LogP contribution in [0, 0.1) is 0 Å². The second-order valence-corrected chi connectivity index (χ2v) is 12.5. The third kappa shape index (κ3) is 7.30. The zero-order valence-electron chi connectivity index (χ0n) is 19.5. The summed E-state index contributed by atoms with van der Waals surface area (Å²) in [6.45, 7) is 0.936. The minimum absolute atomic E-state index is 0.0594. The van der Waals surface area contributed by atoms with E-state index in [0.717, 1.165) is 16.2 Å². The molecule has 2 aromatic carbocycles. The zero-order chi connectivity index (χ0) is 25.9. The van der Waals surface area contributed by atoms with Crippen LogP contribution < -0.4 is 14.8 Å². The Morgan fingerprint density at radius 1 is 1.11 bits per heavy atom. The summed E-state index contributed by atoms with van der Waals surface area (Å²) >= 11 is 1.64. The first kappa shape index (κ1) is 26.6. The molecule has 0 radical (unpaired) electrons. The summed E-state index contributed by atoms with van der Waals surface area (Å²) in [5.41, 5.74) is 0.737. The number of nitrogens with zero attached hydrogens (tertiary/aromatic N) is 1. The van der Waals surface area contributed by atoms with E-state index in [9.17, 15) is 26.4 Å². The highest BCUT2D eigenvalue weighted by Crippen LogP contribution is 2.35. The highest BCUT2D eigenvalue weighted by Gasteiger charge is 2.39. The van der Waals surface area contributed by atoms with E-state index in [1.54, 1.807) is 31.0 Å². The van der Waals surface area contributed by atoms with Crippen LogP contribution in [0.5, 0.6) is 11.5 Å². The SMILES string of the molecule is COc1ccc(S[C@@H]2C[C@@H](C(=O)N[C@H]3CCS(=O)(=O)C3)N(Cc3ccc(OC(F)(F)F)cc3)C2)cc1. The van der Waals surface area contributed by atoms with E-state index in [1.807, 2.05) is 29.2 Å². The lowest BCUT2D eigenvalue weighted by atomic mass is 10.1. The number of amides is 1. The Labute approximate surface area is 212 Å². The van der Waals surface area contributed by atoms with Crippen LogP contribution in [0.4, 0.5) is 13.2 Å². The predicted octanol–water partition coefficient (Wildman–Crippen LogP) is 3.63. The summed E-state index contributed by atoms with van der Waals surface area (Å²) in [7, 11) is -1.54. The molecule has 0 saturated carbocycles. The molecular formula is C24H27F3N2O5S2. The van der Waals surface area contributed by atoms with E-state index in [2.05, 4.69) is 10.1 Å². The lowest BCUT2D eigenvalue weighted by Crippen LogP contribution is -2.47. The molecule has 2 aliphatic heterocycles. The smallest absolute Gasteiger partial charge is 0.497 e. The van der Waals surface area contributed by atoms with Crippen LogP contribution in [0.2, 0.25) is 0 Å². The summed E-state index contributed by atoms with van der Waals surface area (Å²) < 4.78 is 70.2. The van der Waals surface area contributed by atoms with Crippen molar-refractivity contribution in [2.24, 2.45) is 0 Å². The van der Waals surface area contributed by atoms with Gasteiger partial charge in [-0.25, -0.2) is 8.42 Å². The third-order valence-electron chi connectivity index (χ3n) is 6.15. The molecule has 1 N–H and O–H groups in total. The van der Waals surface area contributed by atoms with Gasteiger partial charge in [-0.05, 0) is 54.8 Å². The number of hydrogen-bond acceptors (Lipinski definition) is 7. The molecule has 0 aliphatic carbocycles. The normalized spacial score (nSPS) is 23.9. The number of methoxy groups -OCH3 is 1. The zero-order valence-corrected chi connectivity index (χ0v) is 21.2. The third-order valence-corrected chi connectivity index (χ3v) is 9.14. The maximum absolute atomic E-state index is 13.2. The van der Waals surface area contributed by atoms with E-state index in [1.165, 1.54) is 12.1 Å². The summed E-state index contributed by atoms with van der Waals surface area (Å²) in [6, 6.07) is 12.3. The van der Waals surface area contributed by atoms with E-state index in [4.69, 9.17) is 4.74 Å². The Balaban J connectivity index is 1.46. The molecule has 0 aromatic heterocycles. The van der Waals surface area contributed by atoms with Gasteiger partial charge in [-0.3, -0.25) is 9.69 Å². The van der Waals surface area contributed by atoms with Gasteiger partial charge in [0.05, 0.1) is 24.7 Å². The lowest BCUT2D eigenvalue weighted by Gasteiger charge is -2.25. The quantitative estimate of drug-likeness (QED) is 0.543. The van der Waals surface area contributed by atoms with Crippen molar-refractivity contribution in [3.05, 3.63) is 54.1 Å². The molecule has 3 atom stereocenters. The molecule has 0 unspecified atom stereocenters. The number of carbonyl (C=O) groups excluding carboxylic acids is 1. The maximum atomic E-state index is 13.2. The summed E-state index contributed by atoms with van der Waals surface area (Å²) in [5.74, 6) is 0.212. The minimum Gasteiger partial charge on any atom is -0.497 e. The average Bonchev–Trinajstić information content (AvgIpc) is 3.36. The van der Waals surface area contributed by atoms with Crippen LogP contribution in [0.15, 0.2) is 53.4 Å². The average molecular weight is 545 g/mol. The molecule has 4 rings (SSSR count). The first-order valence-electron chi connectivity index (χ1n) is 11.4. The highest BCUT2D eigenvalue weighted by molar-refractivity contribution is 8.00. The number of nitrogens with one attached hydrogen (secondary N) is 1. The number of carbonyl (C=O) groups is 1. The molecule has 1 amide bonds. The molecule has 0 bridgehead atoms. The van der Waals surface area contributed by atoms with Crippen molar-refractivity contribution in [3.8, 4) is 11.5 Å². The van der Waals surface area contributed by atoms with Gasteiger partial charge in [0, 0.05) is 29.3 Å². The molecule has 2 aliphatic rings. The highest BCUT2D eigenvalue weighted by atomic mass is 32.2. The first-order chi connectivity index (χ1) is 17.0. The van der Waals surface area contributed by atoms with Gasteiger partial charge in [0.2, 0.25) is 5.91 Å². The van der Waals surface area contributed by atoms with Gasteiger partial charge in [-0.1, -0.05) is 12.1 Å². The van der Waals surface area contributed by atoms with Crippen LogP contribution in [0.1, 0.15) is 18.4 Å². The van der Waals surface area contributed by atoms with Crippen molar-refractivity contribution in [2.75, 3.05) is 25.2 Å². The Morgan fingerprint density at radius 3 is 2.36 bits per heavy atom. The largest absolute Gasteiger partial charge is 0.573 e. The summed E-state index contributed by atoms with van der Waals surface area (Å²) in [6.07, 6.45) is -3.82. The number of ether oxygens (including phenoxy) is 2. The molecule has 2 saturated heterocycles. The number of hydrogen-bond donors (Lipinski definition) is 1. The molecule has 0 spiro atoms. The van der Waals surface area contributed by atoms with Crippen molar-refractivity contribution in [3.63, 3.8) is 0 Å². The Hall–Kier alpha value is -2.44. The summed E-state index contributed by atoms with van der Waals surface area (Å²) in [4.78, 5) is 16.2. The Morgan fingerprint density at radius 2 is 1.78 bits per heavy atom. The number of alkyl halides is 3. The van der Waals surface area contributed by atoms with Gasteiger partial charge >= 0.3 is 6.36 Å². The molecule has 7 nitrogen and oxygen atoms in total. The van der Waals surface area contributed by atoms with E-state index < -0.39 is 28.3 Å². The Bertz CT molecular complexity index is 1160. The molecule has 2 fully saturated rings. The van der Waals surface area contributed by atoms with Gasteiger partial charge in [-0.15, -0.1) is 24.9 Å². The van der Waals surface area contributed by atoms with Crippen LogP contribution >= 0.6 is 11.8 Å².